The minimum absolute atomic E-state index is 0. The summed E-state index contributed by atoms with van der Waals surface area (Å²) in [6.45, 7) is 1.11. The van der Waals surface area contributed by atoms with Crippen molar-refractivity contribution in [1.29, 1.82) is 0 Å². The van der Waals surface area contributed by atoms with E-state index in [2.05, 4.69) is 35.6 Å². The fraction of sp³-hybridized carbons (Fsp3) is 0.611. The highest BCUT2D eigenvalue weighted by atomic mass is 35.5. The molecule has 1 aliphatic carbocycles. The van der Waals surface area contributed by atoms with Crippen molar-refractivity contribution >= 4 is 18.2 Å². The van der Waals surface area contributed by atoms with Gasteiger partial charge in [-0.05, 0) is 31.2 Å². The van der Waals surface area contributed by atoms with Crippen LogP contribution < -0.4 is 5.32 Å². The average Bonchev–Trinajstić information content (AvgIpc) is 2.91. The summed E-state index contributed by atoms with van der Waals surface area (Å²) in [7, 11) is 0. The van der Waals surface area contributed by atoms with Crippen LogP contribution in [-0.4, -0.2) is 18.4 Å². The van der Waals surface area contributed by atoms with Gasteiger partial charge in [-0.1, -0.05) is 49.6 Å². The van der Waals surface area contributed by atoms with Crippen molar-refractivity contribution in [2.45, 2.75) is 63.3 Å². The Morgan fingerprint density at radius 3 is 2.57 bits per heavy atom. The highest BCUT2D eigenvalue weighted by Crippen LogP contribution is 2.36. The highest BCUT2D eigenvalue weighted by Gasteiger charge is 2.28. The first kappa shape index (κ1) is 16.4. The van der Waals surface area contributed by atoms with Crippen molar-refractivity contribution in [2.75, 3.05) is 6.54 Å². The predicted octanol–water partition coefficient (Wildman–Crippen LogP) is 4.70. The molecule has 2 nitrogen and oxygen atoms in total. The number of nitrogens with zero attached hydrogens (tertiary/aromatic N) is 1. The Morgan fingerprint density at radius 1 is 0.905 bits per heavy atom. The second-order valence-electron chi connectivity index (χ2n) is 6.18. The lowest BCUT2D eigenvalue weighted by atomic mass is 9.94. The molecule has 0 spiro atoms. The van der Waals surface area contributed by atoms with Crippen LogP contribution >= 0.6 is 12.4 Å². The second kappa shape index (κ2) is 8.43. The summed E-state index contributed by atoms with van der Waals surface area (Å²) < 4.78 is 0. The lowest BCUT2D eigenvalue weighted by molar-refractivity contribution is 0.583. The molecular formula is C18H27ClN2. The van der Waals surface area contributed by atoms with E-state index in [4.69, 9.17) is 4.99 Å². The maximum absolute atomic E-state index is 5.10. The molecule has 0 aromatic heterocycles. The zero-order chi connectivity index (χ0) is 13.6. The van der Waals surface area contributed by atoms with Gasteiger partial charge in [0.05, 0.1) is 11.9 Å². The minimum Gasteiger partial charge on any atom is -0.374 e. The number of hydrogen-bond donors (Lipinski definition) is 1. The summed E-state index contributed by atoms with van der Waals surface area (Å²) in [4.78, 5) is 5.10. The molecule has 3 heteroatoms. The largest absolute Gasteiger partial charge is 0.374 e. The third kappa shape index (κ3) is 4.47. The van der Waals surface area contributed by atoms with E-state index < -0.39 is 0 Å². The Labute approximate surface area is 134 Å². The van der Waals surface area contributed by atoms with Crippen molar-refractivity contribution < 1.29 is 0 Å². The predicted molar refractivity (Wildman–Crippen MR) is 92.6 cm³/mol. The van der Waals surface area contributed by atoms with E-state index in [1.165, 1.54) is 56.3 Å². The second-order valence-corrected chi connectivity index (χ2v) is 6.18. The highest BCUT2D eigenvalue weighted by molar-refractivity contribution is 5.85. The van der Waals surface area contributed by atoms with Gasteiger partial charge in [0, 0.05) is 18.9 Å². The van der Waals surface area contributed by atoms with Gasteiger partial charge in [-0.3, -0.25) is 4.99 Å². The maximum atomic E-state index is 5.10. The summed E-state index contributed by atoms with van der Waals surface area (Å²) in [6, 6.07) is 11.5. The first-order valence-corrected chi connectivity index (χ1v) is 8.29. The summed E-state index contributed by atoms with van der Waals surface area (Å²) in [5.41, 5.74) is 1.48. The summed E-state index contributed by atoms with van der Waals surface area (Å²) in [5, 5.41) is 3.57. The van der Waals surface area contributed by atoms with Crippen LogP contribution in [0.15, 0.2) is 35.3 Å². The molecule has 2 aliphatic rings. The van der Waals surface area contributed by atoms with Crippen molar-refractivity contribution in [3.8, 4) is 0 Å². The molecule has 0 radical (unpaired) electrons. The molecule has 1 saturated heterocycles. The Kier molecular flexibility index (Phi) is 6.56. The molecule has 2 fully saturated rings. The van der Waals surface area contributed by atoms with Gasteiger partial charge in [0.25, 0.3) is 0 Å². The molecule has 1 aromatic carbocycles. The Morgan fingerprint density at radius 2 is 1.71 bits per heavy atom. The molecule has 0 amide bonds. The summed E-state index contributed by atoms with van der Waals surface area (Å²) in [5.74, 6) is 1.91. The lowest BCUT2D eigenvalue weighted by Gasteiger charge is -2.20. The number of aliphatic imine (C=N–C) groups is 1. The van der Waals surface area contributed by atoms with E-state index >= 15 is 0 Å². The molecule has 21 heavy (non-hydrogen) atoms. The number of benzene rings is 1. The lowest BCUT2D eigenvalue weighted by Crippen LogP contribution is -2.28. The molecule has 0 bridgehead atoms. The topological polar surface area (TPSA) is 24.4 Å². The molecule has 1 aromatic rings. The van der Waals surface area contributed by atoms with Crippen LogP contribution in [0.25, 0.3) is 0 Å². The molecule has 1 N–H and O–H groups in total. The Hall–Kier alpha value is -1.02. The molecule has 1 aliphatic heterocycles. The standard InChI is InChI=1S/C18H26N2.ClH/c1-2-7-14-19-18(13-6-1)20-17-12-8-11-16(17)15-9-4-3-5-10-15;/h3-5,9-10,16-17H,1-2,6-8,11-14H2,(H,19,20);1H/t16-,17-;/m0./s1. The number of nitrogens with one attached hydrogen (secondary N) is 1. The number of rotatable bonds is 2. The van der Waals surface area contributed by atoms with Crippen LogP contribution in [-0.2, 0) is 0 Å². The molecule has 116 valence electrons. The van der Waals surface area contributed by atoms with Gasteiger partial charge in [0.1, 0.15) is 0 Å². The van der Waals surface area contributed by atoms with Crippen LogP contribution in [0.5, 0.6) is 0 Å². The van der Waals surface area contributed by atoms with Gasteiger partial charge in [-0.2, -0.15) is 0 Å². The molecule has 3 rings (SSSR count). The van der Waals surface area contributed by atoms with E-state index in [0.717, 1.165) is 13.0 Å². The van der Waals surface area contributed by atoms with E-state index in [9.17, 15) is 0 Å². The maximum Gasteiger partial charge on any atom is 0.0966 e. The molecular weight excluding hydrogens is 280 g/mol. The first-order chi connectivity index (χ1) is 9.93. The van der Waals surface area contributed by atoms with E-state index in [0.29, 0.717) is 12.0 Å². The third-order valence-corrected chi connectivity index (χ3v) is 4.70. The fourth-order valence-corrected chi connectivity index (χ4v) is 3.59. The third-order valence-electron chi connectivity index (χ3n) is 4.70. The summed E-state index contributed by atoms with van der Waals surface area (Å²) >= 11 is 0. The van der Waals surface area contributed by atoms with Crippen LogP contribution in [0.3, 0.4) is 0 Å². The number of hydrogen-bond acceptors (Lipinski definition) is 1. The van der Waals surface area contributed by atoms with E-state index in [1.54, 1.807) is 0 Å². The van der Waals surface area contributed by atoms with Crippen molar-refractivity contribution in [3.63, 3.8) is 0 Å². The molecule has 0 unspecified atom stereocenters. The molecule has 2 atom stereocenters. The van der Waals surface area contributed by atoms with Gasteiger partial charge in [-0.25, -0.2) is 0 Å². The Bertz CT molecular complexity index is 434. The van der Waals surface area contributed by atoms with Gasteiger partial charge in [-0.15, -0.1) is 12.4 Å². The van der Waals surface area contributed by atoms with Crippen LogP contribution in [0.4, 0.5) is 0 Å². The zero-order valence-corrected chi connectivity index (χ0v) is 13.6. The number of halogens is 1. The number of amidine groups is 1. The van der Waals surface area contributed by atoms with Crippen LogP contribution in [0, 0.1) is 0 Å². The van der Waals surface area contributed by atoms with Crippen LogP contribution in [0.1, 0.15) is 62.8 Å². The normalized spacial score (nSPS) is 28.3. The SMILES string of the molecule is Cl.c1ccc([C@@H]2CCC[C@@H]2/N=C2\CCCCCCN2)cc1. The molecule has 1 saturated carbocycles. The van der Waals surface area contributed by atoms with Crippen molar-refractivity contribution in [1.82, 2.24) is 5.32 Å². The summed E-state index contributed by atoms with van der Waals surface area (Å²) in [6.07, 6.45) is 10.4. The van der Waals surface area contributed by atoms with E-state index in [1.807, 2.05) is 0 Å². The van der Waals surface area contributed by atoms with Crippen LogP contribution in [0.2, 0.25) is 0 Å². The van der Waals surface area contributed by atoms with Gasteiger partial charge < -0.3 is 5.32 Å². The minimum atomic E-state index is 0. The van der Waals surface area contributed by atoms with E-state index in [-0.39, 0.29) is 12.4 Å². The van der Waals surface area contributed by atoms with Crippen molar-refractivity contribution in [3.05, 3.63) is 35.9 Å². The van der Waals surface area contributed by atoms with Gasteiger partial charge >= 0.3 is 0 Å². The van der Waals surface area contributed by atoms with Gasteiger partial charge in [0.15, 0.2) is 0 Å². The smallest absolute Gasteiger partial charge is 0.0966 e. The fourth-order valence-electron chi connectivity index (χ4n) is 3.59. The van der Waals surface area contributed by atoms with Crippen molar-refractivity contribution in [2.24, 2.45) is 4.99 Å². The quantitative estimate of drug-likeness (QED) is 0.841. The van der Waals surface area contributed by atoms with Gasteiger partial charge in [0.2, 0.25) is 0 Å². The first-order valence-electron chi connectivity index (χ1n) is 8.29. The monoisotopic (exact) mass is 306 g/mol. The molecule has 1 heterocycles. The zero-order valence-electron chi connectivity index (χ0n) is 12.8. The Balaban J connectivity index is 0.00000161. The average molecular weight is 307 g/mol.